The molecule has 1 saturated heterocycles. The first-order valence-corrected chi connectivity index (χ1v) is 9.84. The van der Waals surface area contributed by atoms with Crippen LogP contribution in [0.1, 0.15) is 21.8 Å². The molecule has 0 bridgehead atoms. The van der Waals surface area contributed by atoms with Crippen molar-refractivity contribution in [1.82, 2.24) is 29.3 Å². The molecule has 9 heteroatoms. The summed E-state index contributed by atoms with van der Waals surface area (Å²) in [5.74, 6) is 1.29. The number of anilines is 1. The van der Waals surface area contributed by atoms with Crippen LogP contribution in [-0.4, -0.2) is 68.5 Å². The Hall–Kier alpha value is -3.20. The van der Waals surface area contributed by atoms with E-state index in [9.17, 15) is 4.79 Å². The number of likely N-dealkylation sites (N-methyl/N-ethyl adjacent to an activating group) is 1. The molecule has 5 rings (SSSR count). The average Bonchev–Trinajstić information content (AvgIpc) is 3.42. The third kappa shape index (κ3) is 3.38. The van der Waals surface area contributed by atoms with E-state index in [1.807, 2.05) is 27.8 Å². The van der Waals surface area contributed by atoms with E-state index in [0.717, 1.165) is 48.8 Å². The molecule has 9 nitrogen and oxygen atoms in total. The SMILES string of the molecule is CN1CCN(C(=O)c2ncn3c2-c2nc(NCc4ccco4)ncc2CC3)CC1. The third-order valence-electron chi connectivity index (χ3n) is 5.54. The number of imidazole rings is 1. The molecule has 0 aromatic carbocycles. The zero-order valence-corrected chi connectivity index (χ0v) is 16.3. The largest absolute Gasteiger partial charge is 0.467 e. The minimum absolute atomic E-state index is 0.0246. The normalized spacial score (nSPS) is 16.4. The van der Waals surface area contributed by atoms with E-state index in [4.69, 9.17) is 9.40 Å². The molecule has 0 aliphatic carbocycles. The van der Waals surface area contributed by atoms with Crippen molar-refractivity contribution in [3.05, 3.63) is 47.9 Å². The molecule has 3 aromatic heterocycles. The molecule has 150 valence electrons. The third-order valence-corrected chi connectivity index (χ3v) is 5.54. The molecule has 0 spiro atoms. The Labute approximate surface area is 168 Å². The lowest BCUT2D eigenvalue weighted by molar-refractivity contribution is 0.0659. The number of aryl methyl sites for hydroxylation is 2. The minimum atomic E-state index is -0.0246. The van der Waals surface area contributed by atoms with Gasteiger partial charge in [0.1, 0.15) is 11.5 Å². The van der Waals surface area contributed by atoms with Gasteiger partial charge in [-0.1, -0.05) is 0 Å². The maximum Gasteiger partial charge on any atom is 0.274 e. The molecule has 2 aliphatic heterocycles. The van der Waals surface area contributed by atoms with Crippen LogP contribution in [0.15, 0.2) is 35.3 Å². The van der Waals surface area contributed by atoms with Gasteiger partial charge in [-0.2, -0.15) is 0 Å². The van der Waals surface area contributed by atoms with Gasteiger partial charge in [0.15, 0.2) is 5.69 Å². The molecule has 0 unspecified atom stereocenters. The van der Waals surface area contributed by atoms with E-state index in [2.05, 4.69) is 27.2 Å². The van der Waals surface area contributed by atoms with Crippen LogP contribution in [0.5, 0.6) is 0 Å². The number of nitrogens with one attached hydrogen (secondary N) is 1. The van der Waals surface area contributed by atoms with Gasteiger partial charge < -0.3 is 24.1 Å². The Morgan fingerprint density at radius 3 is 2.86 bits per heavy atom. The zero-order chi connectivity index (χ0) is 19.8. The van der Waals surface area contributed by atoms with Gasteiger partial charge in [-0.05, 0) is 25.6 Å². The van der Waals surface area contributed by atoms with E-state index < -0.39 is 0 Å². The van der Waals surface area contributed by atoms with Crippen LogP contribution in [0.2, 0.25) is 0 Å². The number of furan rings is 1. The van der Waals surface area contributed by atoms with E-state index in [1.54, 1.807) is 12.6 Å². The predicted octanol–water partition coefficient (Wildman–Crippen LogP) is 1.49. The van der Waals surface area contributed by atoms with Crippen LogP contribution >= 0.6 is 0 Å². The number of piperazine rings is 1. The predicted molar refractivity (Wildman–Crippen MR) is 106 cm³/mol. The van der Waals surface area contributed by atoms with Crippen molar-refractivity contribution in [2.24, 2.45) is 0 Å². The number of carbonyl (C=O) groups excluding carboxylic acids is 1. The molecule has 2 aliphatic rings. The Bertz CT molecular complexity index is 1020. The van der Waals surface area contributed by atoms with Crippen LogP contribution in [0.3, 0.4) is 0 Å². The van der Waals surface area contributed by atoms with Gasteiger partial charge in [-0.15, -0.1) is 0 Å². The summed E-state index contributed by atoms with van der Waals surface area (Å²) in [6.07, 6.45) is 6.05. The highest BCUT2D eigenvalue weighted by Gasteiger charge is 2.30. The summed E-state index contributed by atoms with van der Waals surface area (Å²) in [5.41, 5.74) is 3.09. The van der Waals surface area contributed by atoms with Crippen molar-refractivity contribution in [2.75, 3.05) is 38.5 Å². The first kappa shape index (κ1) is 17.9. The van der Waals surface area contributed by atoms with Crippen molar-refractivity contribution in [3.8, 4) is 11.4 Å². The minimum Gasteiger partial charge on any atom is -0.467 e. The van der Waals surface area contributed by atoms with Gasteiger partial charge in [-0.25, -0.2) is 15.0 Å². The van der Waals surface area contributed by atoms with Gasteiger partial charge >= 0.3 is 0 Å². The summed E-state index contributed by atoms with van der Waals surface area (Å²) in [6, 6.07) is 3.74. The lowest BCUT2D eigenvalue weighted by atomic mass is 10.0. The van der Waals surface area contributed by atoms with Crippen molar-refractivity contribution in [1.29, 1.82) is 0 Å². The van der Waals surface area contributed by atoms with E-state index in [0.29, 0.717) is 31.3 Å². The summed E-state index contributed by atoms with van der Waals surface area (Å²) in [7, 11) is 2.07. The first-order chi connectivity index (χ1) is 14.2. The van der Waals surface area contributed by atoms with Gasteiger partial charge in [-0.3, -0.25) is 4.79 Å². The van der Waals surface area contributed by atoms with Gasteiger partial charge in [0.05, 0.1) is 24.8 Å². The molecule has 0 radical (unpaired) electrons. The lowest BCUT2D eigenvalue weighted by Crippen LogP contribution is -2.47. The molecule has 3 aromatic rings. The smallest absolute Gasteiger partial charge is 0.274 e. The molecule has 1 amide bonds. The number of rotatable bonds is 4. The average molecular weight is 393 g/mol. The fraction of sp³-hybridized carbons (Fsp3) is 0.400. The molecule has 1 fully saturated rings. The zero-order valence-electron chi connectivity index (χ0n) is 16.3. The van der Waals surface area contributed by atoms with Gasteiger partial charge in [0.25, 0.3) is 5.91 Å². The summed E-state index contributed by atoms with van der Waals surface area (Å²) in [4.78, 5) is 30.9. The van der Waals surface area contributed by atoms with E-state index >= 15 is 0 Å². The second-order valence-corrected chi connectivity index (χ2v) is 7.48. The van der Waals surface area contributed by atoms with Crippen LogP contribution in [0.4, 0.5) is 5.95 Å². The van der Waals surface area contributed by atoms with Crippen molar-refractivity contribution in [3.63, 3.8) is 0 Å². The maximum absolute atomic E-state index is 13.2. The van der Waals surface area contributed by atoms with Crippen LogP contribution in [-0.2, 0) is 19.5 Å². The van der Waals surface area contributed by atoms with Crippen LogP contribution in [0, 0.1) is 0 Å². The van der Waals surface area contributed by atoms with Gasteiger partial charge in [0, 0.05) is 44.5 Å². The monoisotopic (exact) mass is 393 g/mol. The van der Waals surface area contributed by atoms with Crippen molar-refractivity contribution in [2.45, 2.75) is 19.5 Å². The molecular weight excluding hydrogens is 370 g/mol. The maximum atomic E-state index is 13.2. The van der Waals surface area contributed by atoms with Crippen LogP contribution in [0.25, 0.3) is 11.4 Å². The first-order valence-electron chi connectivity index (χ1n) is 9.84. The highest BCUT2D eigenvalue weighted by Crippen LogP contribution is 2.31. The Morgan fingerprint density at radius 1 is 1.21 bits per heavy atom. The van der Waals surface area contributed by atoms with Crippen LogP contribution < -0.4 is 5.32 Å². The highest BCUT2D eigenvalue weighted by atomic mass is 16.3. The quantitative estimate of drug-likeness (QED) is 0.718. The number of nitrogens with zero attached hydrogens (tertiary/aromatic N) is 6. The number of carbonyl (C=O) groups is 1. The van der Waals surface area contributed by atoms with Crippen molar-refractivity contribution < 1.29 is 9.21 Å². The summed E-state index contributed by atoms with van der Waals surface area (Å²) < 4.78 is 7.37. The Balaban J connectivity index is 1.44. The summed E-state index contributed by atoms with van der Waals surface area (Å²) in [5, 5.41) is 3.19. The molecule has 0 atom stereocenters. The Kier molecular flexibility index (Phi) is 4.51. The van der Waals surface area contributed by atoms with E-state index in [-0.39, 0.29) is 5.91 Å². The molecule has 1 N–H and O–H groups in total. The molecule has 0 saturated carbocycles. The fourth-order valence-electron chi connectivity index (χ4n) is 3.82. The van der Waals surface area contributed by atoms with Gasteiger partial charge in [0.2, 0.25) is 5.95 Å². The number of aromatic nitrogens is 4. The number of hydrogen-bond donors (Lipinski definition) is 1. The standard InChI is InChI=1S/C20H23N7O2/c1-25-6-8-26(9-7-25)19(28)17-18-16-14(4-5-27(18)13-23-17)11-21-20(24-16)22-12-15-3-2-10-29-15/h2-3,10-11,13H,4-9,12H2,1H3,(H,21,22,24). The number of amides is 1. The number of hydrogen-bond acceptors (Lipinski definition) is 7. The summed E-state index contributed by atoms with van der Waals surface area (Å²) >= 11 is 0. The molecule has 5 heterocycles. The summed E-state index contributed by atoms with van der Waals surface area (Å²) in [6.45, 7) is 4.46. The Morgan fingerprint density at radius 2 is 2.07 bits per heavy atom. The lowest BCUT2D eigenvalue weighted by Gasteiger charge is -2.32. The molecule has 29 heavy (non-hydrogen) atoms. The fourth-order valence-corrected chi connectivity index (χ4v) is 3.82. The highest BCUT2D eigenvalue weighted by molar-refractivity contribution is 5.98. The second-order valence-electron chi connectivity index (χ2n) is 7.48. The topological polar surface area (TPSA) is 92.3 Å². The van der Waals surface area contributed by atoms with Crippen molar-refractivity contribution >= 4 is 11.9 Å². The van der Waals surface area contributed by atoms with E-state index in [1.165, 1.54) is 0 Å². The second kappa shape index (κ2) is 7.32. The molecular formula is C20H23N7O2. The number of fused-ring (bicyclic) bond motifs is 3.